The lowest BCUT2D eigenvalue weighted by atomic mass is 10.2. The van der Waals surface area contributed by atoms with Gasteiger partial charge in [-0.1, -0.05) is 0 Å². The third kappa shape index (κ3) is 3.51. The minimum Gasteiger partial charge on any atom is -0.397 e. The summed E-state index contributed by atoms with van der Waals surface area (Å²) >= 11 is 1.72. The summed E-state index contributed by atoms with van der Waals surface area (Å²) < 4.78 is 0.0494. The molecule has 1 rings (SSSR count). The highest BCUT2D eigenvalue weighted by Crippen LogP contribution is 2.19. The number of aromatic nitrogens is 1. The molecule has 4 N–H and O–H groups in total. The van der Waals surface area contributed by atoms with Crippen LogP contribution in [0.25, 0.3) is 0 Å². The number of hydrogen-bond acceptors (Lipinski definition) is 3. The minimum absolute atomic E-state index is 0.0494. The number of thioether (sulfide) groups is 1. The molecule has 0 radical (unpaired) electrons. The molecule has 0 fully saturated rings. The average Bonchev–Trinajstić information content (AvgIpc) is 2.61. The number of hydrogen-bond donors (Lipinski definition) is 3. The Morgan fingerprint density at radius 2 is 2.33 bits per heavy atom. The summed E-state index contributed by atoms with van der Waals surface area (Å²) in [6, 6.07) is 1.63. The lowest BCUT2D eigenvalue weighted by Crippen LogP contribution is -2.36. The van der Waals surface area contributed by atoms with Crippen molar-refractivity contribution in [2.75, 3.05) is 18.5 Å². The van der Waals surface area contributed by atoms with E-state index in [0.29, 0.717) is 17.9 Å². The molecule has 1 heterocycles. The van der Waals surface area contributed by atoms with Gasteiger partial charge in [-0.05, 0) is 26.2 Å². The van der Waals surface area contributed by atoms with Gasteiger partial charge >= 0.3 is 0 Å². The molecule has 0 atom stereocenters. The van der Waals surface area contributed by atoms with Crippen LogP contribution in [-0.4, -0.2) is 28.4 Å². The number of carbonyl (C=O) groups is 1. The molecule has 0 aliphatic carbocycles. The van der Waals surface area contributed by atoms with E-state index in [2.05, 4.69) is 24.1 Å². The molecule has 0 spiro atoms. The first-order chi connectivity index (χ1) is 6.94. The van der Waals surface area contributed by atoms with Gasteiger partial charge in [-0.2, -0.15) is 11.8 Å². The standard InChI is InChI=1S/C10H17N3OS/c1-10(2,15-3)6-13-9(14)8-4-7(11)5-12-8/h4-5,12H,6,11H2,1-3H3,(H,13,14). The van der Waals surface area contributed by atoms with Crippen LogP contribution in [0.5, 0.6) is 0 Å². The lowest BCUT2D eigenvalue weighted by Gasteiger charge is -2.21. The third-order valence-corrected chi connectivity index (χ3v) is 3.43. The largest absolute Gasteiger partial charge is 0.397 e. The third-order valence-electron chi connectivity index (χ3n) is 2.18. The zero-order chi connectivity index (χ0) is 11.5. The molecule has 4 nitrogen and oxygen atoms in total. The molecule has 1 aromatic heterocycles. The van der Waals surface area contributed by atoms with Crippen molar-refractivity contribution in [3.05, 3.63) is 18.0 Å². The molecule has 15 heavy (non-hydrogen) atoms. The fourth-order valence-electron chi connectivity index (χ4n) is 1.00. The van der Waals surface area contributed by atoms with Gasteiger partial charge in [-0.15, -0.1) is 0 Å². The van der Waals surface area contributed by atoms with Gasteiger partial charge in [0.05, 0.1) is 0 Å². The van der Waals surface area contributed by atoms with Gasteiger partial charge in [0.15, 0.2) is 0 Å². The van der Waals surface area contributed by atoms with Crippen LogP contribution in [0.3, 0.4) is 0 Å². The van der Waals surface area contributed by atoms with Gasteiger partial charge in [0.1, 0.15) is 5.69 Å². The Bertz CT molecular complexity index is 346. The van der Waals surface area contributed by atoms with Crippen molar-refractivity contribution in [2.24, 2.45) is 0 Å². The first-order valence-corrected chi connectivity index (χ1v) is 5.94. The van der Waals surface area contributed by atoms with E-state index >= 15 is 0 Å². The van der Waals surface area contributed by atoms with Gasteiger partial charge in [0, 0.05) is 23.2 Å². The van der Waals surface area contributed by atoms with Crippen molar-refractivity contribution < 1.29 is 4.79 Å². The predicted octanol–water partition coefficient (Wildman–Crippen LogP) is 1.47. The number of rotatable bonds is 4. The van der Waals surface area contributed by atoms with E-state index < -0.39 is 0 Å². The van der Waals surface area contributed by atoms with Crippen molar-refractivity contribution >= 4 is 23.4 Å². The van der Waals surface area contributed by atoms with Crippen LogP contribution in [0.4, 0.5) is 5.69 Å². The summed E-state index contributed by atoms with van der Waals surface area (Å²) in [4.78, 5) is 14.4. The average molecular weight is 227 g/mol. The summed E-state index contributed by atoms with van der Waals surface area (Å²) in [5.41, 5.74) is 6.59. The SMILES string of the molecule is CSC(C)(C)CNC(=O)c1cc(N)c[nH]1. The Morgan fingerprint density at radius 3 is 2.80 bits per heavy atom. The molecule has 0 saturated heterocycles. The molecule has 0 aromatic carbocycles. The fourth-order valence-corrected chi connectivity index (χ4v) is 1.22. The Labute approximate surface area is 94.0 Å². The zero-order valence-corrected chi connectivity index (χ0v) is 10.1. The smallest absolute Gasteiger partial charge is 0.267 e. The minimum atomic E-state index is -0.117. The first kappa shape index (κ1) is 12.0. The second-order valence-electron chi connectivity index (χ2n) is 3.99. The monoisotopic (exact) mass is 227 g/mol. The second kappa shape index (κ2) is 4.61. The van der Waals surface area contributed by atoms with Gasteiger partial charge in [-0.25, -0.2) is 0 Å². The van der Waals surface area contributed by atoms with E-state index in [0.717, 1.165) is 0 Å². The van der Waals surface area contributed by atoms with Crippen LogP contribution in [-0.2, 0) is 0 Å². The van der Waals surface area contributed by atoms with Crippen molar-refractivity contribution in [1.82, 2.24) is 10.3 Å². The number of amides is 1. The summed E-state index contributed by atoms with van der Waals surface area (Å²) in [5.74, 6) is -0.117. The number of nitrogens with one attached hydrogen (secondary N) is 2. The molecule has 0 bridgehead atoms. The number of H-pyrrole nitrogens is 1. The van der Waals surface area contributed by atoms with Crippen molar-refractivity contribution in [2.45, 2.75) is 18.6 Å². The van der Waals surface area contributed by atoms with Crippen LogP contribution in [0.15, 0.2) is 12.3 Å². The predicted molar refractivity (Wildman–Crippen MR) is 65.1 cm³/mol. The number of aromatic amines is 1. The number of nitrogens with two attached hydrogens (primary N) is 1. The maximum atomic E-state index is 11.6. The topological polar surface area (TPSA) is 70.9 Å². The Hall–Kier alpha value is -1.10. The Balaban J connectivity index is 2.50. The van der Waals surface area contributed by atoms with Crippen molar-refractivity contribution in [3.8, 4) is 0 Å². The molecule has 84 valence electrons. The number of nitrogen functional groups attached to an aromatic ring is 1. The maximum absolute atomic E-state index is 11.6. The van der Waals surface area contributed by atoms with E-state index in [1.165, 1.54) is 0 Å². The summed E-state index contributed by atoms with van der Waals surface area (Å²) in [6.07, 6.45) is 3.63. The molecule has 0 aliphatic heterocycles. The van der Waals surface area contributed by atoms with Crippen LogP contribution in [0.2, 0.25) is 0 Å². The van der Waals surface area contributed by atoms with Crippen LogP contribution < -0.4 is 11.1 Å². The van der Waals surface area contributed by atoms with Gasteiger partial charge in [0.25, 0.3) is 5.91 Å². The number of carbonyl (C=O) groups excluding carboxylic acids is 1. The molecular formula is C10H17N3OS. The quantitative estimate of drug-likeness (QED) is 0.729. The van der Waals surface area contributed by atoms with E-state index in [-0.39, 0.29) is 10.7 Å². The molecule has 0 saturated carbocycles. The molecular weight excluding hydrogens is 210 g/mol. The molecule has 1 amide bonds. The van der Waals surface area contributed by atoms with E-state index in [1.54, 1.807) is 24.0 Å². The van der Waals surface area contributed by atoms with Crippen molar-refractivity contribution in [3.63, 3.8) is 0 Å². The summed E-state index contributed by atoms with van der Waals surface area (Å²) in [6.45, 7) is 4.80. The highest BCUT2D eigenvalue weighted by atomic mass is 32.2. The zero-order valence-electron chi connectivity index (χ0n) is 9.26. The fraction of sp³-hybridized carbons (Fsp3) is 0.500. The lowest BCUT2D eigenvalue weighted by molar-refractivity contribution is 0.0946. The Morgan fingerprint density at radius 1 is 1.67 bits per heavy atom. The summed E-state index contributed by atoms with van der Waals surface area (Å²) in [5, 5.41) is 2.86. The molecule has 1 aromatic rings. The first-order valence-electron chi connectivity index (χ1n) is 4.72. The van der Waals surface area contributed by atoms with Gasteiger partial charge in [0.2, 0.25) is 0 Å². The number of anilines is 1. The maximum Gasteiger partial charge on any atom is 0.267 e. The van der Waals surface area contributed by atoms with Crippen LogP contribution in [0.1, 0.15) is 24.3 Å². The van der Waals surface area contributed by atoms with E-state index in [1.807, 2.05) is 6.26 Å². The van der Waals surface area contributed by atoms with E-state index in [4.69, 9.17) is 5.73 Å². The van der Waals surface area contributed by atoms with Crippen LogP contribution in [0, 0.1) is 0 Å². The van der Waals surface area contributed by atoms with Gasteiger partial charge in [-0.3, -0.25) is 4.79 Å². The highest BCUT2D eigenvalue weighted by Gasteiger charge is 2.17. The highest BCUT2D eigenvalue weighted by molar-refractivity contribution is 7.99. The normalized spacial score (nSPS) is 11.4. The van der Waals surface area contributed by atoms with E-state index in [9.17, 15) is 4.79 Å². The van der Waals surface area contributed by atoms with Crippen LogP contribution >= 0.6 is 11.8 Å². The molecule has 0 unspecified atom stereocenters. The summed E-state index contributed by atoms with van der Waals surface area (Å²) in [7, 11) is 0. The molecule has 0 aliphatic rings. The van der Waals surface area contributed by atoms with Crippen molar-refractivity contribution in [1.29, 1.82) is 0 Å². The van der Waals surface area contributed by atoms with Gasteiger partial charge < -0.3 is 16.0 Å². The second-order valence-corrected chi connectivity index (χ2v) is 5.51. The Kier molecular flexibility index (Phi) is 3.68. The molecule has 5 heteroatoms.